The SMILES string of the molecule is CC(C)(C)C1CC2CC[C@@]1(C)C2(C)C. The first-order valence-corrected chi connectivity index (χ1v) is 6.19. The number of hydrogen-bond acceptors (Lipinski definition) is 0. The molecule has 0 aromatic rings. The predicted octanol–water partition coefficient (Wildman–Crippen LogP) is 4.49. The van der Waals surface area contributed by atoms with Crippen LogP contribution in [0.3, 0.4) is 0 Å². The van der Waals surface area contributed by atoms with Gasteiger partial charge in [0.15, 0.2) is 0 Å². The summed E-state index contributed by atoms with van der Waals surface area (Å²) in [5.41, 5.74) is 1.70. The zero-order valence-corrected chi connectivity index (χ0v) is 10.8. The second-order valence-electron chi connectivity index (χ2n) is 7.53. The highest BCUT2D eigenvalue weighted by Gasteiger charge is 2.63. The van der Waals surface area contributed by atoms with Gasteiger partial charge in [0.1, 0.15) is 0 Å². The average molecular weight is 194 g/mol. The Labute approximate surface area is 89.5 Å². The second-order valence-corrected chi connectivity index (χ2v) is 7.53. The Hall–Kier alpha value is 0. The van der Waals surface area contributed by atoms with Crippen LogP contribution >= 0.6 is 0 Å². The van der Waals surface area contributed by atoms with Crippen molar-refractivity contribution in [2.45, 2.75) is 60.8 Å². The van der Waals surface area contributed by atoms with Crippen LogP contribution in [0.25, 0.3) is 0 Å². The maximum atomic E-state index is 2.55. The molecule has 14 heavy (non-hydrogen) atoms. The lowest BCUT2D eigenvalue weighted by Gasteiger charge is -2.45. The van der Waals surface area contributed by atoms with Gasteiger partial charge in [0.2, 0.25) is 0 Å². The lowest BCUT2D eigenvalue weighted by molar-refractivity contribution is 0.0358. The Bertz CT molecular complexity index is 243. The number of hydrogen-bond donors (Lipinski definition) is 0. The van der Waals surface area contributed by atoms with Crippen LogP contribution in [0.1, 0.15) is 60.8 Å². The zero-order valence-electron chi connectivity index (χ0n) is 10.8. The molecular formula is C14H26. The molecule has 2 unspecified atom stereocenters. The molecule has 0 spiro atoms. The molecule has 0 nitrogen and oxygen atoms in total. The standard InChI is InChI=1S/C14H26/c1-12(2,3)11-9-10-7-8-14(11,6)13(10,4)5/h10-11H,7-9H2,1-6H3/t10?,11?,14-/m1/s1. The Morgan fingerprint density at radius 3 is 1.86 bits per heavy atom. The first-order valence-electron chi connectivity index (χ1n) is 6.19. The summed E-state index contributed by atoms with van der Waals surface area (Å²) in [6.07, 6.45) is 4.43. The summed E-state index contributed by atoms with van der Waals surface area (Å²) in [6.45, 7) is 14.9. The fourth-order valence-electron chi connectivity index (χ4n) is 4.51. The molecule has 0 radical (unpaired) electrons. The largest absolute Gasteiger partial charge is 0.0599 e. The fourth-order valence-corrected chi connectivity index (χ4v) is 4.51. The number of fused-ring (bicyclic) bond motifs is 2. The molecule has 82 valence electrons. The average Bonchev–Trinajstić information content (AvgIpc) is 2.32. The summed E-state index contributed by atoms with van der Waals surface area (Å²) in [5, 5.41) is 0. The molecule has 2 aliphatic carbocycles. The van der Waals surface area contributed by atoms with Crippen LogP contribution < -0.4 is 0 Å². The van der Waals surface area contributed by atoms with Gasteiger partial charge < -0.3 is 0 Å². The Balaban J connectivity index is 2.37. The maximum absolute atomic E-state index is 2.55. The topological polar surface area (TPSA) is 0 Å². The first-order chi connectivity index (χ1) is 6.19. The summed E-state index contributed by atoms with van der Waals surface area (Å²) >= 11 is 0. The number of rotatable bonds is 0. The molecule has 0 aromatic carbocycles. The first kappa shape index (κ1) is 10.5. The van der Waals surface area contributed by atoms with Gasteiger partial charge >= 0.3 is 0 Å². The zero-order chi connectivity index (χ0) is 10.8. The summed E-state index contributed by atoms with van der Waals surface area (Å²) in [4.78, 5) is 0. The summed E-state index contributed by atoms with van der Waals surface area (Å²) in [7, 11) is 0. The van der Waals surface area contributed by atoms with E-state index in [9.17, 15) is 0 Å². The molecule has 2 bridgehead atoms. The van der Waals surface area contributed by atoms with E-state index in [2.05, 4.69) is 41.5 Å². The smallest absolute Gasteiger partial charge is 0.0238 e. The Morgan fingerprint density at radius 2 is 1.64 bits per heavy atom. The molecule has 2 fully saturated rings. The Kier molecular flexibility index (Phi) is 1.93. The molecule has 0 aromatic heterocycles. The van der Waals surface area contributed by atoms with E-state index >= 15 is 0 Å². The van der Waals surface area contributed by atoms with Gasteiger partial charge in [0.25, 0.3) is 0 Å². The van der Waals surface area contributed by atoms with Crippen molar-refractivity contribution >= 4 is 0 Å². The molecule has 3 atom stereocenters. The van der Waals surface area contributed by atoms with Gasteiger partial charge in [-0.15, -0.1) is 0 Å². The quantitative estimate of drug-likeness (QED) is 0.533. The van der Waals surface area contributed by atoms with E-state index in [0.717, 1.165) is 11.8 Å². The van der Waals surface area contributed by atoms with Gasteiger partial charge in [-0.2, -0.15) is 0 Å². The van der Waals surface area contributed by atoms with Crippen LogP contribution in [-0.4, -0.2) is 0 Å². The van der Waals surface area contributed by atoms with E-state index < -0.39 is 0 Å². The van der Waals surface area contributed by atoms with Gasteiger partial charge in [0.05, 0.1) is 0 Å². The molecule has 0 amide bonds. The highest BCUT2D eigenvalue weighted by atomic mass is 14.7. The van der Waals surface area contributed by atoms with E-state index in [1.807, 2.05) is 0 Å². The summed E-state index contributed by atoms with van der Waals surface area (Å²) < 4.78 is 0. The lowest BCUT2D eigenvalue weighted by Crippen LogP contribution is -2.38. The van der Waals surface area contributed by atoms with Crippen LogP contribution in [0, 0.1) is 28.1 Å². The predicted molar refractivity (Wildman–Crippen MR) is 62.2 cm³/mol. The van der Waals surface area contributed by atoms with Crippen LogP contribution in [-0.2, 0) is 0 Å². The highest BCUT2D eigenvalue weighted by Crippen LogP contribution is 2.71. The van der Waals surface area contributed by atoms with Crippen molar-refractivity contribution in [1.82, 2.24) is 0 Å². The third-order valence-corrected chi connectivity index (χ3v) is 5.84. The Morgan fingerprint density at radius 1 is 1.07 bits per heavy atom. The second kappa shape index (κ2) is 2.57. The van der Waals surface area contributed by atoms with Crippen molar-refractivity contribution in [1.29, 1.82) is 0 Å². The normalized spacial score (nSPS) is 45.9. The maximum Gasteiger partial charge on any atom is -0.0238 e. The van der Waals surface area contributed by atoms with Gasteiger partial charge in [-0.1, -0.05) is 41.5 Å². The third-order valence-electron chi connectivity index (χ3n) is 5.84. The van der Waals surface area contributed by atoms with Gasteiger partial charge in [-0.25, -0.2) is 0 Å². The van der Waals surface area contributed by atoms with E-state index in [0.29, 0.717) is 16.2 Å². The van der Waals surface area contributed by atoms with Crippen LogP contribution in [0.2, 0.25) is 0 Å². The molecule has 2 rings (SSSR count). The van der Waals surface area contributed by atoms with Crippen LogP contribution in [0.5, 0.6) is 0 Å². The molecule has 0 N–H and O–H groups in total. The van der Waals surface area contributed by atoms with Gasteiger partial charge in [-0.3, -0.25) is 0 Å². The fraction of sp³-hybridized carbons (Fsp3) is 1.00. The molecule has 2 saturated carbocycles. The molecule has 2 aliphatic rings. The molecular weight excluding hydrogens is 168 g/mol. The minimum Gasteiger partial charge on any atom is -0.0599 e. The van der Waals surface area contributed by atoms with Crippen molar-refractivity contribution in [3.8, 4) is 0 Å². The lowest BCUT2D eigenvalue weighted by atomic mass is 9.60. The van der Waals surface area contributed by atoms with E-state index in [1.54, 1.807) is 0 Å². The monoisotopic (exact) mass is 194 g/mol. The molecule has 0 heteroatoms. The van der Waals surface area contributed by atoms with Gasteiger partial charge in [0, 0.05) is 0 Å². The molecule has 0 heterocycles. The minimum absolute atomic E-state index is 0.501. The summed E-state index contributed by atoms with van der Waals surface area (Å²) in [5.74, 6) is 1.93. The highest BCUT2D eigenvalue weighted by molar-refractivity contribution is 5.12. The van der Waals surface area contributed by atoms with E-state index in [-0.39, 0.29) is 0 Å². The van der Waals surface area contributed by atoms with Crippen molar-refractivity contribution < 1.29 is 0 Å². The van der Waals surface area contributed by atoms with Crippen molar-refractivity contribution in [2.75, 3.05) is 0 Å². The summed E-state index contributed by atoms with van der Waals surface area (Å²) in [6, 6.07) is 0. The molecule has 0 aliphatic heterocycles. The molecule has 0 saturated heterocycles. The third kappa shape index (κ3) is 1.06. The van der Waals surface area contributed by atoms with Crippen molar-refractivity contribution in [3.63, 3.8) is 0 Å². The van der Waals surface area contributed by atoms with Crippen molar-refractivity contribution in [2.24, 2.45) is 28.1 Å². The van der Waals surface area contributed by atoms with E-state index in [4.69, 9.17) is 0 Å². The van der Waals surface area contributed by atoms with Gasteiger partial charge in [-0.05, 0) is 47.3 Å². The van der Waals surface area contributed by atoms with Crippen molar-refractivity contribution in [3.05, 3.63) is 0 Å². The van der Waals surface area contributed by atoms with Crippen LogP contribution in [0.4, 0.5) is 0 Å². The van der Waals surface area contributed by atoms with E-state index in [1.165, 1.54) is 19.3 Å². The van der Waals surface area contributed by atoms with Crippen LogP contribution in [0.15, 0.2) is 0 Å². The minimum atomic E-state index is 0.501.